The fourth-order valence-electron chi connectivity index (χ4n) is 4.88. The third-order valence-electron chi connectivity index (χ3n) is 7.18. The Labute approximate surface area is 200 Å². The summed E-state index contributed by atoms with van der Waals surface area (Å²) in [6.45, 7) is 14.1. The number of unbranched alkanes of at least 4 members (excludes halogenated alkanes) is 3. The van der Waals surface area contributed by atoms with Gasteiger partial charge in [-0.1, -0.05) is 59.8 Å². The van der Waals surface area contributed by atoms with Crippen LogP contribution in [0.2, 0.25) is 0 Å². The fraction of sp³-hybridized carbons (Fsp3) is 0.714. The molecule has 4 nitrogen and oxygen atoms in total. The lowest BCUT2D eigenvalue weighted by Gasteiger charge is -2.38. The van der Waals surface area contributed by atoms with E-state index in [0.29, 0.717) is 17.7 Å². The second kappa shape index (κ2) is 13.8. The Bertz CT molecular complexity index is 771. The standard InChI is InChI=1S/C28H45FN2O2/c1-6-9-10-11-13-23(12-7-2)20-30-14-16-31(17-15-30)27-19-24(22(5)32)25(18-26(27)29)28(33)21(4)8-3/h18-19,21,23H,6-17,20H2,1-5H3. The van der Waals surface area contributed by atoms with Crippen LogP contribution < -0.4 is 4.90 Å². The molecule has 1 fully saturated rings. The number of ketones is 2. The van der Waals surface area contributed by atoms with E-state index in [1.807, 2.05) is 18.7 Å². The van der Waals surface area contributed by atoms with E-state index in [1.165, 1.54) is 57.9 Å². The number of piperazine rings is 1. The van der Waals surface area contributed by atoms with Crippen LogP contribution in [-0.4, -0.2) is 49.2 Å². The van der Waals surface area contributed by atoms with Gasteiger partial charge in [-0.2, -0.15) is 0 Å². The molecule has 0 spiro atoms. The molecular formula is C28H45FN2O2. The van der Waals surface area contributed by atoms with Crippen LogP contribution in [0.3, 0.4) is 0 Å². The van der Waals surface area contributed by atoms with Crippen molar-refractivity contribution < 1.29 is 14.0 Å². The summed E-state index contributed by atoms with van der Waals surface area (Å²) in [5, 5.41) is 0. The number of rotatable bonds is 14. The van der Waals surface area contributed by atoms with Crippen molar-refractivity contribution in [1.82, 2.24) is 4.90 Å². The average molecular weight is 461 g/mol. The Kier molecular flexibility index (Phi) is 11.5. The van der Waals surface area contributed by atoms with Crippen LogP contribution in [0, 0.1) is 17.7 Å². The van der Waals surface area contributed by atoms with Gasteiger partial charge in [0, 0.05) is 49.8 Å². The Morgan fingerprint density at radius 2 is 1.64 bits per heavy atom. The first-order valence-electron chi connectivity index (χ1n) is 13.2. The first-order valence-corrected chi connectivity index (χ1v) is 13.2. The molecule has 1 aliphatic heterocycles. The molecule has 1 saturated heterocycles. The van der Waals surface area contributed by atoms with Crippen molar-refractivity contribution in [2.24, 2.45) is 11.8 Å². The molecule has 186 valence electrons. The van der Waals surface area contributed by atoms with Crippen molar-refractivity contribution in [3.63, 3.8) is 0 Å². The van der Waals surface area contributed by atoms with Crippen LogP contribution in [0.4, 0.5) is 10.1 Å². The molecule has 0 N–H and O–H groups in total. The Hall–Kier alpha value is -1.75. The summed E-state index contributed by atoms with van der Waals surface area (Å²) in [6.07, 6.45) is 9.71. The van der Waals surface area contributed by atoms with Gasteiger partial charge in [-0.15, -0.1) is 0 Å². The quantitative estimate of drug-likeness (QED) is 0.227. The number of benzene rings is 1. The number of halogens is 1. The third kappa shape index (κ3) is 7.91. The van der Waals surface area contributed by atoms with E-state index in [9.17, 15) is 9.59 Å². The topological polar surface area (TPSA) is 40.6 Å². The molecule has 1 aromatic rings. The van der Waals surface area contributed by atoms with Crippen LogP contribution in [0.15, 0.2) is 12.1 Å². The monoisotopic (exact) mass is 460 g/mol. The molecular weight excluding hydrogens is 415 g/mol. The van der Waals surface area contributed by atoms with Crippen molar-refractivity contribution >= 4 is 17.3 Å². The Morgan fingerprint density at radius 1 is 0.939 bits per heavy atom. The molecule has 0 aromatic heterocycles. The smallest absolute Gasteiger partial charge is 0.166 e. The van der Waals surface area contributed by atoms with E-state index in [1.54, 1.807) is 6.07 Å². The lowest BCUT2D eigenvalue weighted by atomic mass is 9.91. The minimum atomic E-state index is -0.403. The minimum Gasteiger partial charge on any atom is -0.367 e. The van der Waals surface area contributed by atoms with Crippen LogP contribution in [-0.2, 0) is 0 Å². The van der Waals surface area contributed by atoms with Crippen molar-refractivity contribution in [3.8, 4) is 0 Å². The summed E-state index contributed by atoms with van der Waals surface area (Å²) in [5.74, 6) is -0.231. The SMILES string of the molecule is CCCCCCC(CCC)CN1CCN(c2cc(C(C)=O)c(C(=O)C(C)CC)cc2F)CC1. The van der Waals surface area contributed by atoms with E-state index in [0.717, 1.165) is 38.6 Å². The van der Waals surface area contributed by atoms with Crippen molar-refractivity contribution in [1.29, 1.82) is 0 Å². The summed E-state index contributed by atoms with van der Waals surface area (Å²) in [5.41, 5.74) is 1.02. The van der Waals surface area contributed by atoms with Crippen LogP contribution >= 0.6 is 0 Å². The fourth-order valence-corrected chi connectivity index (χ4v) is 4.88. The zero-order valence-electron chi connectivity index (χ0n) is 21.6. The molecule has 33 heavy (non-hydrogen) atoms. The first kappa shape index (κ1) is 27.5. The van der Waals surface area contributed by atoms with Gasteiger partial charge >= 0.3 is 0 Å². The molecule has 2 rings (SSSR count). The normalized spacial score (nSPS) is 16.6. The maximum absolute atomic E-state index is 15.1. The maximum atomic E-state index is 15.1. The van der Waals surface area contributed by atoms with Gasteiger partial charge in [0.2, 0.25) is 0 Å². The summed E-state index contributed by atoms with van der Waals surface area (Å²) in [4.78, 5) is 29.5. The van der Waals surface area contributed by atoms with Crippen LogP contribution in [0.1, 0.15) is 107 Å². The van der Waals surface area contributed by atoms with Gasteiger partial charge in [0.25, 0.3) is 0 Å². The van der Waals surface area contributed by atoms with Crippen LogP contribution in [0.25, 0.3) is 0 Å². The van der Waals surface area contributed by atoms with Gasteiger partial charge in [-0.25, -0.2) is 4.39 Å². The molecule has 5 heteroatoms. The number of hydrogen-bond acceptors (Lipinski definition) is 4. The summed E-state index contributed by atoms with van der Waals surface area (Å²) in [6, 6.07) is 2.90. The van der Waals surface area contributed by atoms with E-state index in [4.69, 9.17) is 0 Å². The lowest BCUT2D eigenvalue weighted by molar-refractivity contribution is 0.0915. The number of carbonyl (C=O) groups excluding carboxylic acids is 2. The molecule has 1 heterocycles. The largest absolute Gasteiger partial charge is 0.367 e. The van der Waals surface area contributed by atoms with Gasteiger partial charge in [0.1, 0.15) is 5.82 Å². The predicted octanol–water partition coefficient (Wildman–Crippen LogP) is 6.77. The summed E-state index contributed by atoms with van der Waals surface area (Å²) in [7, 11) is 0. The van der Waals surface area contributed by atoms with Gasteiger partial charge in [-0.05, 0) is 44.2 Å². The second-order valence-electron chi connectivity index (χ2n) is 9.87. The molecule has 0 aliphatic carbocycles. The third-order valence-corrected chi connectivity index (χ3v) is 7.18. The molecule has 0 radical (unpaired) electrons. The molecule has 0 bridgehead atoms. The van der Waals surface area contributed by atoms with E-state index in [2.05, 4.69) is 18.7 Å². The number of carbonyl (C=O) groups is 2. The first-order chi connectivity index (χ1) is 15.8. The molecule has 0 saturated carbocycles. The zero-order valence-corrected chi connectivity index (χ0v) is 21.6. The molecule has 2 unspecified atom stereocenters. The van der Waals surface area contributed by atoms with Crippen molar-refractivity contribution in [3.05, 3.63) is 29.1 Å². The highest BCUT2D eigenvalue weighted by atomic mass is 19.1. The second-order valence-corrected chi connectivity index (χ2v) is 9.87. The summed E-state index contributed by atoms with van der Waals surface area (Å²) < 4.78 is 15.1. The number of anilines is 1. The lowest BCUT2D eigenvalue weighted by Crippen LogP contribution is -2.48. The van der Waals surface area contributed by atoms with Gasteiger partial charge in [0.15, 0.2) is 11.6 Å². The number of nitrogens with zero attached hydrogens (tertiary/aromatic N) is 2. The zero-order chi connectivity index (χ0) is 24.4. The summed E-state index contributed by atoms with van der Waals surface area (Å²) >= 11 is 0. The van der Waals surface area contributed by atoms with Gasteiger partial charge in [0.05, 0.1) is 5.69 Å². The van der Waals surface area contributed by atoms with Crippen molar-refractivity contribution in [2.45, 2.75) is 86.0 Å². The van der Waals surface area contributed by atoms with Gasteiger partial charge in [-0.3, -0.25) is 14.5 Å². The number of Topliss-reactive ketones (excluding diaryl/α,β-unsaturated/α-hetero) is 2. The molecule has 2 atom stereocenters. The van der Waals surface area contributed by atoms with E-state index < -0.39 is 5.82 Å². The van der Waals surface area contributed by atoms with E-state index in [-0.39, 0.29) is 23.0 Å². The predicted molar refractivity (Wildman–Crippen MR) is 136 cm³/mol. The highest BCUT2D eigenvalue weighted by Gasteiger charge is 2.26. The Balaban J connectivity index is 2.05. The average Bonchev–Trinajstić information content (AvgIpc) is 2.81. The van der Waals surface area contributed by atoms with E-state index >= 15 is 4.39 Å². The van der Waals surface area contributed by atoms with Crippen molar-refractivity contribution in [2.75, 3.05) is 37.6 Å². The Morgan fingerprint density at radius 3 is 2.21 bits per heavy atom. The molecule has 0 amide bonds. The van der Waals surface area contributed by atoms with Crippen LogP contribution in [0.5, 0.6) is 0 Å². The van der Waals surface area contributed by atoms with Gasteiger partial charge < -0.3 is 4.90 Å². The highest BCUT2D eigenvalue weighted by molar-refractivity contribution is 6.09. The maximum Gasteiger partial charge on any atom is 0.166 e. The molecule has 1 aliphatic rings. The number of hydrogen-bond donors (Lipinski definition) is 0. The minimum absolute atomic E-state index is 0.154. The molecule has 1 aromatic carbocycles. The highest BCUT2D eigenvalue weighted by Crippen LogP contribution is 2.28.